The molecular weight excluding hydrogens is 474 g/mol. The van der Waals surface area contributed by atoms with Gasteiger partial charge in [-0.15, -0.1) is 0 Å². The Labute approximate surface area is 216 Å². The van der Waals surface area contributed by atoms with Crippen LogP contribution in [0.4, 0.5) is 0 Å². The summed E-state index contributed by atoms with van der Waals surface area (Å²) in [6, 6.07) is 18.7. The highest BCUT2D eigenvalue weighted by Crippen LogP contribution is 2.21. The van der Waals surface area contributed by atoms with Crippen LogP contribution < -0.4 is 10.1 Å². The van der Waals surface area contributed by atoms with Gasteiger partial charge in [0.25, 0.3) is 5.91 Å². The molecule has 0 aliphatic heterocycles. The van der Waals surface area contributed by atoms with Crippen molar-refractivity contribution in [3.8, 4) is 17.1 Å². The predicted molar refractivity (Wildman–Crippen MR) is 137 cm³/mol. The average Bonchev–Trinajstić information content (AvgIpc) is 2.93. The van der Waals surface area contributed by atoms with Crippen molar-refractivity contribution in [3.63, 3.8) is 0 Å². The number of rotatable bonds is 11. The Hall–Kier alpha value is -4.27. The molecule has 0 bridgehead atoms. The Kier molecular flexibility index (Phi) is 9.71. The van der Waals surface area contributed by atoms with Gasteiger partial charge in [-0.2, -0.15) is 9.97 Å². The number of methoxy groups -OCH3 is 2. The number of esters is 2. The normalized spacial score (nSPS) is 12.2. The molecule has 1 amide bonds. The maximum atomic E-state index is 13.2. The molecule has 1 heterocycles. The molecule has 1 aromatic heterocycles. The molecule has 0 saturated carbocycles. The van der Waals surface area contributed by atoms with Crippen LogP contribution in [0.3, 0.4) is 0 Å². The Balaban J connectivity index is 1.83. The number of nitrogens with one attached hydrogen (secondary N) is 1. The summed E-state index contributed by atoms with van der Waals surface area (Å²) in [5.74, 6) is -2.04. The van der Waals surface area contributed by atoms with Gasteiger partial charge in [0.15, 0.2) is 5.69 Å². The lowest BCUT2D eigenvalue weighted by atomic mass is 9.94. The Morgan fingerprint density at radius 3 is 2.19 bits per heavy atom. The number of amides is 1. The number of benzene rings is 2. The van der Waals surface area contributed by atoms with Crippen molar-refractivity contribution in [1.82, 2.24) is 15.3 Å². The molecule has 0 radical (unpaired) electrons. The van der Waals surface area contributed by atoms with Crippen molar-refractivity contribution in [2.24, 2.45) is 5.92 Å². The first-order valence-corrected chi connectivity index (χ1v) is 12.0. The van der Waals surface area contributed by atoms with Gasteiger partial charge in [-0.1, -0.05) is 61.5 Å². The molecule has 0 spiro atoms. The van der Waals surface area contributed by atoms with Crippen molar-refractivity contribution in [1.29, 1.82) is 0 Å². The van der Waals surface area contributed by atoms with Crippen molar-refractivity contribution >= 4 is 17.8 Å². The van der Waals surface area contributed by atoms with Crippen LogP contribution in [0.2, 0.25) is 0 Å². The summed E-state index contributed by atoms with van der Waals surface area (Å²) < 4.78 is 14.9. The number of carbonyl (C=O) groups excluding carboxylic acids is 3. The Morgan fingerprint density at radius 1 is 0.919 bits per heavy atom. The van der Waals surface area contributed by atoms with Crippen molar-refractivity contribution in [3.05, 3.63) is 77.6 Å². The first kappa shape index (κ1) is 27.3. The SMILES string of the molecule is CCOC(=O)[C@H](C)C[C@@H](Cc1ccc(-c2ccccc2)cc1)NC(=O)c1cc(C(=O)OC)nc(OC)n1. The zero-order valence-corrected chi connectivity index (χ0v) is 21.4. The van der Waals surface area contributed by atoms with Crippen LogP contribution in [-0.2, 0) is 20.7 Å². The van der Waals surface area contributed by atoms with Crippen LogP contribution in [0.25, 0.3) is 11.1 Å². The highest BCUT2D eigenvalue weighted by molar-refractivity contribution is 5.95. The summed E-state index contributed by atoms with van der Waals surface area (Å²) >= 11 is 0. The van der Waals surface area contributed by atoms with Crippen molar-refractivity contribution < 1.29 is 28.6 Å². The second kappa shape index (κ2) is 13.2. The van der Waals surface area contributed by atoms with Gasteiger partial charge in [-0.3, -0.25) is 9.59 Å². The van der Waals surface area contributed by atoms with Crippen LogP contribution in [0.1, 0.15) is 46.8 Å². The monoisotopic (exact) mass is 505 g/mol. The van der Waals surface area contributed by atoms with Crippen LogP contribution >= 0.6 is 0 Å². The van der Waals surface area contributed by atoms with E-state index < -0.39 is 23.8 Å². The van der Waals surface area contributed by atoms with Gasteiger partial charge in [0.1, 0.15) is 5.69 Å². The van der Waals surface area contributed by atoms with E-state index in [1.165, 1.54) is 20.3 Å². The average molecular weight is 506 g/mol. The van der Waals surface area contributed by atoms with Crippen LogP contribution in [-0.4, -0.2) is 54.7 Å². The third-order valence-corrected chi connectivity index (χ3v) is 5.72. The fraction of sp³-hybridized carbons (Fsp3) is 0.321. The fourth-order valence-corrected chi connectivity index (χ4v) is 3.85. The zero-order valence-electron chi connectivity index (χ0n) is 21.4. The summed E-state index contributed by atoms with van der Waals surface area (Å²) in [4.78, 5) is 45.5. The Morgan fingerprint density at radius 2 is 1.57 bits per heavy atom. The van der Waals surface area contributed by atoms with E-state index in [4.69, 9.17) is 14.2 Å². The molecule has 3 rings (SSSR count). The van der Waals surface area contributed by atoms with Crippen molar-refractivity contribution in [2.75, 3.05) is 20.8 Å². The first-order valence-electron chi connectivity index (χ1n) is 12.0. The van der Waals surface area contributed by atoms with E-state index in [-0.39, 0.29) is 30.0 Å². The quantitative estimate of drug-likeness (QED) is 0.391. The van der Waals surface area contributed by atoms with Crippen LogP contribution in [0, 0.1) is 5.92 Å². The maximum absolute atomic E-state index is 13.2. The maximum Gasteiger partial charge on any atom is 0.356 e. The van der Waals surface area contributed by atoms with E-state index in [1.54, 1.807) is 13.8 Å². The third-order valence-electron chi connectivity index (χ3n) is 5.72. The lowest BCUT2D eigenvalue weighted by Gasteiger charge is -2.22. The van der Waals surface area contributed by atoms with E-state index >= 15 is 0 Å². The van der Waals surface area contributed by atoms with E-state index in [1.807, 2.05) is 54.6 Å². The van der Waals surface area contributed by atoms with E-state index in [0.717, 1.165) is 16.7 Å². The molecule has 37 heavy (non-hydrogen) atoms. The smallest absolute Gasteiger partial charge is 0.356 e. The lowest BCUT2D eigenvalue weighted by Crippen LogP contribution is -2.39. The molecule has 1 N–H and O–H groups in total. The summed E-state index contributed by atoms with van der Waals surface area (Å²) in [5.41, 5.74) is 3.01. The molecule has 194 valence electrons. The number of carbonyl (C=O) groups is 3. The number of hydrogen-bond donors (Lipinski definition) is 1. The van der Waals surface area contributed by atoms with Crippen LogP contribution in [0.15, 0.2) is 60.7 Å². The molecule has 0 aliphatic rings. The van der Waals surface area contributed by atoms with Gasteiger partial charge in [-0.25, -0.2) is 4.79 Å². The number of hydrogen-bond acceptors (Lipinski definition) is 8. The van der Waals surface area contributed by atoms with Gasteiger partial charge in [0.05, 0.1) is 26.7 Å². The minimum absolute atomic E-state index is 0.0551. The summed E-state index contributed by atoms with van der Waals surface area (Å²) in [6.07, 6.45) is 0.813. The highest BCUT2D eigenvalue weighted by atomic mass is 16.5. The molecule has 2 atom stereocenters. The molecular formula is C28H31N3O6. The third kappa shape index (κ3) is 7.60. The largest absolute Gasteiger partial charge is 0.467 e. The minimum Gasteiger partial charge on any atom is -0.467 e. The van der Waals surface area contributed by atoms with Crippen molar-refractivity contribution in [2.45, 2.75) is 32.7 Å². The van der Waals surface area contributed by atoms with Gasteiger partial charge in [0.2, 0.25) is 0 Å². The molecule has 0 unspecified atom stereocenters. The fourth-order valence-electron chi connectivity index (χ4n) is 3.85. The van der Waals surface area contributed by atoms with Gasteiger partial charge < -0.3 is 19.5 Å². The zero-order chi connectivity index (χ0) is 26.8. The molecule has 2 aromatic carbocycles. The standard InChI is InChI=1S/C28H31N3O6/c1-5-37-26(33)18(2)15-22(16-19-11-13-21(14-12-19)20-9-7-6-8-10-20)29-25(32)23-17-24(27(34)35-3)31-28(30-23)36-4/h6-14,17-18,22H,5,15-16H2,1-4H3,(H,29,32)/t18-,22+/m1/s1. The molecule has 0 aliphatic carbocycles. The molecule has 0 fully saturated rings. The van der Waals surface area contributed by atoms with E-state index in [2.05, 4.69) is 15.3 Å². The number of nitrogens with zero attached hydrogens (tertiary/aromatic N) is 2. The van der Waals surface area contributed by atoms with Gasteiger partial charge in [-0.05, 0) is 36.5 Å². The first-order chi connectivity index (χ1) is 17.8. The van der Waals surface area contributed by atoms with Crippen LogP contribution in [0.5, 0.6) is 6.01 Å². The Bertz CT molecular complexity index is 1210. The van der Waals surface area contributed by atoms with Gasteiger partial charge in [0, 0.05) is 12.1 Å². The van der Waals surface area contributed by atoms with E-state index in [9.17, 15) is 14.4 Å². The second-order valence-electron chi connectivity index (χ2n) is 8.44. The number of ether oxygens (including phenoxy) is 3. The topological polar surface area (TPSA) is 117 Å². The lowest BCUT2D eigenvalue weighted by molar-refractivity contribution is -0.147. The van der Waals surface area contributed by atoms with E-state index in [0.29, 0.717) is 12.8 Å². The molecule has 9 heteroatoms. The second-order valence-corrected chi connectivity index (χ2v) is 8.44. The summed E-state index contributed by atoms with van der Waals surface area (Å²) in [6.45, 7) is 3.79. The summed E-state index contributed by atoms with van der Waals surface area (Å²) in [5, 5.41) is 2.95. The minimum atomic E-state index is -0.722. The summed E-state index contributed by atoms with van der Waals surface area (Å²) in [7, 11) is 2.55. The van der Waals surface area contributed by atoms with Gasteiger partial charge >= 0.3 is 17.9 Å². The molecule has 3 aromatic rings. The molecule has 0 saturated heterocycles. The highest BCUT2D eigenvalue weighted by Gasteiger charge is 2.24. The number of aromatic nitrogens is 2. The predicted octanol–water partition coefficient (Wildman–Crippen LogP) is 3.87. The molecule has 9 nitrogen and oxygen atoms in total.